The smallest absolute Gasteiger partial charge is 0.152 e. The van der Waals surface area contributed by atoms with Crippen LogP contribution < -0.4 is 4.74 Å². The normalized spacial score (nSPS) is 15.7. The highest BCUT2D eigenvalue weighted by atomic mass is 16.5. The van der Waals surface area contributed by atoms with E-state index in [0.29, 0.717) is 12.5 Å². The van der Waals surface area contributed by atoms with Gasteiger partial charge in [0.15, 0.2) is 5.82 Å². The SMILES string of the molecule is C1=CCC(c2ccc3c(c2)c2cc(-c4ccccc4)ccc2n3-c2ccc3c(c2)OCc2nc4ccccc4n2-3)C=C1. The van der Waals surface area contributed by atoms with E-state index >= 15 is 0 Å². The average molecular weight is 542 g/mol. The van der Waals surface area contributed by atoms with Crippen molar-refractivity contribution in [3.63, 3.8) is 0 Å². The molecule has 0 spiro atoms. The minimum absolute atomic E-state index is 0.395. The van der Waals surface area contributed by atoms with Crippen molar-refractivity contribution in [2.45, 2.75) is 18.9 Å². The van der Waals surface area contributed by atoms with Gasteiger partial charge in [0.05, 0.1) is 33.4 Å². The van der Waals surface area contributed by atoms with Gasteiger partial charge in [-0.15, -0.1) is 0 Å². The second-order valence-corrected chi connectivity index (χ2v) is 11.2. The summed E-state index contributed by atoms with van der Waals surface area (Å²) in [5.41, 5.74) is 10.4. The van der Waals surface area contributed by atoms with Gasteiger partial charge in [-0.3, -0.25) is 4.57 Å². The molecule has 1 atom stereocenters. The Labute approximate surface area is 243 Å². The zero-order valence-electron chi connectivity index (χ0n) is 22.9. The molecule has 1 aliphatic heterocycles. The van der Waals surface area contributed by atoms with Crippen molar-refractivity contribution in [1.82, 2.24) is 14.1 Å². The summed E-state index contributed by atoms with van der Waals surface area (Å²) in [6.45, 7) is 0.450. The van der Waals surface area contributed by atoms with Gasteiger partial charge in [0.25, 0.3) is 0 Å². The lowest BCUT2D eigenvalue weighted by molar-refractivity contribution is 0.280. The summed E-state index contributed by atoms with van der Waals surface area (Å²) in [5.74, 6) is 2.20. The molecule has 3 heterocycles. The van der Waals surface area contributed by atoms with E-state index in [2.05, 4.69) is 137 Å². The fraction of sp³-hybridized carbons (Fsp3) is 0.0789. The van der Waals surface area contributed by atoms with Gasteiger partial charge in [-0.05, 0) is 71.6 Å². The van der Waals surface area contributed by atoms with Crippen molar-refractivity contribution >= 4 is 32.8 Å². The van der Waals surface area contributed by atoms with Crippen molar-refractivity contribution in [3.05, 3.63) is 145 Å². The Morgan fingerprint density at radius 1 is 0.667 bits per heavy atom. The van der Waals surface area contributed by atoms with Crippen LogP contribution >= 0.6 is 0 Å². The summed E-state index contributed by atoms with van der Waals surface area (Å²) < 4.78 is 10.9. The molecular weight excluding hydrogens is 514 g/mol. The first-order chi connectivity index (χ1) is 20.8. The number of benzene rings is 5. The first kappa shape index (κ1) is 23.4. The number of nitrogens with zero attached hydrogens (tertiary/aromatic N) is 3. The average Bonchev–Trinajstić information content (AvgIpc) is 3.60. The molecule has 0 bridgehead atoms. The van der Waals surface area contributed by atoms with E-state index in [9.17, 15) is 0 Å². The van der Waals surface area contributed by atoms with Crippen LogP contribution in [0.3, 0.4) is 0 Å². The fourth-order valence-electron chi connectivity index (χ4n) is 6.71. The monoisotopic (exact) mass is 541 g/mol. The van der Waals surface area contributed by atoms with Crippen LogP contribution in [-0.4, -0.2) is 14.1 Å². The van der Waals surface area contributed by atoms with Crippen molar-refractivity contribution in [1.29, 1.82) is 0 Å². The Balaban J connectivity index is 1.26. The number of fused-ring (bicyclic) bond motifs is 8. The molecule has 0 fully saturated rings. The summed E-state index contributed by atoms with van der Waals surface area (Å²) >= 11 is 0. The maximum absolute atomic E-state index is 6.31. The van der Waals surface area contributed by atoms with Gasteiger partial charge in [-0.1, -0.05) is 78.9 Å². The van der Waals surface area contributed by atoms with E-state index in [1.54, 1.807) is 0 Å². The summed E-state index contributed by atoms with van der Waals surface area (Å²) in [6, 6.07) is 39.3. The third-order valence-corrected chi connectivity index (χ3v) is 8.73. The largest absolute Gasteiger partial charge is 0.483 e. The molecule has 9 rings (SSSR count). The zero-order valence-corrected chi connectivity index (χ0v) is 22.9. The van der Waals surface area contributed by atoms with Crippen LogP contribution in [0.5, 0.6) is 5.75 Å². The number of para-hydroxylation sites is 2. The van der Waals surface area contributed by atoms with Gasteiger partial charge in [0.1, 0.15) is 12.4 Å². The number of hydrogen-bond donors (Lipinski definition) is 0. The molecule has 2 aliphatic rings. The van der Waals surface area contributed by atoms with Crippen LogP contribution in [0.15, 0.2) is 133 Å². The molecular formula is C38H27N3O. The molecule has 2 aromatic heterocycles. The predicted molar refractivity (Wildman–Crippen MR) is 171 cm³/mol. The molecule has 0 saturated carbocycles. The zero-order chi connectivity index (χ0) is 27.6. The molecule has 42 heavy (non-hydrogen) atoms. The maximum atomic E-state index is 6.31. The molecule has 1 aliphatic carbocycles. The second-order valence-electron chi connectivity index (χ2n) is 11.2. The lowest BCUT2D eigenvalue weighted by Gasteiger charge is -2.21. The van der Waals surface area contributed by atoms with Crippen molar-refractivity contribution in [2.75, 3.05) is 0 Å². The number of ether oxygens (including phenoxy) is 1. The third kappa shape index (κ3) is 3.52. The highest BCUT2D eigenvalue weighted by Crippen LogP contribution is 2.40. The van der Waals surface area contributed by atoms with Crippen LogP contribution in [-0.2, 0) is 6.61 Å². The van der Waals surface area contributed by atoms with Crippen molar-refractivity contribution in [2.24, 2.45) is 0 Å². The van der Waals surface area contributed by atoms with Gasteiger partial charge >= 0.3 is 0 Å². The van der Waals surface area contributed by atoms with E-state index in [-0.39, 0.29) is 0 Å². The number of imidazole rings is 1. The summed E-state index contributed by atoms with van der Waals surface area (Å²) in [4.78, 5) is 4.81. The van der Waals surface area contributed by atoms with Crippen molar-refractivity contribution < 1.29 is 4.74 Å². The standard InChI is InChI=1S/C38H27N3O/c1-3-9-25(10-4-1)27-15-18-33-30(21-27)31-22-28(26-11-5-2-6-12-26)16-19-34(31)40(33)29-17-20-36-37(23-29)42-24-38-39-32-13-7-8-14-35(32)41(36)38/h1-11,13-23,26H,12,24H2. The van der Waals surface area contributed by atoms with Crippen molar-refractivity contribution in [3.8, 4) is 28.3 Å². The number of allylic oxidation sites excluding steroid dienone is 4. The van der Waals surface area contributed by atoms with Gasteiger partial charge in [0.2, 0.25) is 0 Å². The fourth-order valence-corrected chi connectivity index (χ4v) is 6.71. The van der Waals surface area contributed by atoms with Crippen LogP contribution in [0.25, 0.3) is 55.3 Å². The van der Waals surface area contributed by atoms with Gasteiger partial charge in [-0.25, -0.2) is 4.98 Å². The molecule has 0 N–H and O–H groups in total. The lowest BCUT2D eigenvalue weighted by atomic mass is 9.91. The second kappa shape index (κ2) is 9.08. The molecule has 5 aromatic carbocycles. The Morgan fingerprint density at radius 3 is 2.38 bits per heavy atom. The van der Waals surface area contributed by atoms with E-state index in [1.807, 2.05) is 6.07 Å². The molecule has 4 nitrogen and oxygen atoms in total. The molecule has 4 heteroatoms. The number of rotatable bonds is 3. The van der Waals surface area contributed by atoms with Gasteiger partial charge in [-0.2, -0.15) is 0 Å². The lowest BCUT2D eigenvalue weighted by Crippen LogP contribution is -2.13. The summed E-state index contributed by atoms with van der Waals surface area (Å²) in [7, 11) is 0. The van der Waals surface area contributed by atoms with Gasteiger partial charge < -0.3 is 9.30 Å². The van der Waals surface area contributed by atoms with E-state index in [0.717, 1.165) is 40.4 Å². The first-order valence-corrected chi connectivity index (χ1v) is 14.5. The molecule has 7 aromatic rings. The summed E-state index contributed by atoms with van der Waals surface area (Å²) in [6.07, 6.45) is 9.90. The van der Waals surface area contributed by atoms with Crippen LogP contribution in [0, 0.1) is 0 Å². The highest BCUT2D eigenvalue weighted by molar-refractivity contribution is 6.10. The first-order valence-electron chi connectivity index (χ1n) is 14.5. The quantitative estimate of drug-likeness (QED) is 0.223. The Hall–Kier alpha value is -5.35. The third-order valence-electron chi connectivity index (χ3n) is 8.73. The number of hydrogen-bond acceptors (Lipinski definition) is 2. The molecule has 0 amide bonds. The Bertz CT molecular complexity index is 2230. The number of aromatic nitrogens is 3. The van der Waals surface area contributed by atoms with Crippen LogP contribution in [0.4, 0.5) is 0 Å². The molecule has 1 unspecified atom stereocenters. The molecule has 0 radical (unpaired) electrons. The highest BCUT2D eigenvalue weighted by Gasteiger charge is 2.23. The Kier molecular flexibility index (Phi) is 5.05. The minimum atomic E-state index is 0.395. The predicted octanol–water partition coefficient (Wildman–Crippen LogP) is 9.28. The van der Waals surface area contributed by atoms with Crippen LogP contribution in [0.2, 0.25) is 0 Å². The Morgan fingerprint density at radius 2 is 1.50 bits per heavy atom. The molecule has 0 saturated heterocycles. The molecule has 200 valence electrons. The van der Waals surface area contributed by atoms with Crippen LogP contribution in [0.1, 0.15) is 23.7 Å². The van der Waals surface area contributed by atoms with Gasteiger partial charge in [0, 0.05) is 22.8 Å². The van der Waals surface area contributed by atoms with E-state index in [4.69, 9.17) is 9.72 Å². The van der Waals surface area contributed by atoms with E-state index in [1.165, 1.54) is 38.5 Å². The minimum Gasteiger partial charge on any atom is -0.483 e. The van der Waals surface area contributed by atoms with E-state index < -0.39 is 0 Å². The summed E-state index contributed by atoms with van der Waals surface area (Å²) in [5, 5.41) is 2.52. The topological polar surface area (TPSA) is 32.0 Å². The maximum Gasteiger partial charge on any atom is 0.152 e.